The van der Waals surface area contributed by atoms with E-state index in [0.717, 1.165) is 33.9 Å². The van der Waals surface area contributed by atoms with E-state index in [-0.39, 0.29) is 5.92 Å². The maximum Gasteiger partial charge on any atom is 0.140 e. The summed E-state index contributed by atoms with van der Waals surface area (Å²) in [6, 6.07) is 37.4. The summed E-state index contributed by atoms with van der Waals surface area (Å²) in [5.74, 6) is 1.78. The molecule has 1 heterocycles. The van der Waals surface area contributed by atoms with E-state index in [4.69, 9.17) is 9.73 Å². The summed E-state index contributed by atoms with van der Waals surface area (Å²) >= 11 is 0. The molecule has 0 saturated carbocycles. The van der Waals surface area contributed by atoms with Gasteiger partial charge < -0.3 is 4.74 Å². The van der Waals surface area contributed by atoms with Crippen molar-refractivity contribution >= 4 is 17.7 Å². The third-order valence-electron chi connectivity index (χ3n) is 5.57. The first-order chi connectivity index (χ1) is 15.3. The van der Waals surface area contributed by atoms with Crippen molar-refractivity contribution < 1.29 is 4.74 Å². The van der Waals surface area contributed by atoms with Crippen molar-refractivity contribution in [3.63, 3.8) is 0 Å². The van der Waals surface area contributed by atoms with Gasteiger partial charge in [0.1, 0.15) is 11.5 Å². The van der Waals surface area contributed by atoms with Gasteiger partial charge in [0, 0.05) is 28.8 Å². The second kappa shape index (κ2) is 8.45. The highest BCUT2D eigenvalue weighted by Crippen LogP contribution is 2.45. The van der Waals surface area contributed by atoms with Gasteiger partial charge in [-0.2, -0.15) is 0 Å². The lowest BCUT2D eigenvalue weighted by atomic mass is 9.81. The van der Waals surface area contributed by atoms with Crippen molar-refractivity contribution in [1.82, 2.24) is 0 Å². The zero-order valence-corrected chi connectivity index (χ0v) is 17.4. The number of ether oxygens (including phenoxy) is 1. The monoisotopic (exact) mass is 401 g/mol. The normalized spacial score (nSPS) is 15.6. The Hall–Kier alpha value is -3.91. The molecule has 1 unspecified atom stereocenters. The second-order valence-electron chi connectivity index (χ2n) is 7.73. The summed E-state index contributed by atoms with van der Waals surface area (Å²) in [7, 11) is 0. The fourth-order valence-electron chi connectivity index (χ4n) is 4.01. The minimum absolute atomic E-state index is 0.0376. The highest BCUT2D eigenvalue weighted by Gasteiger charge is 2.30. The first-order valence-electron chi connectivity index (χ1n) is 10.5. The summed E-state index contributed by atoms with van der Waals surface area (Å²) < 4.78 is 6.48. The summed E-state index contributed by atoms with van der Waals surface area (Å²) in [6.45, 7) is 2.08. The van der Waals surface area contributed by atoms with Gasteiger partial charge in [-0.25, -0.2) is 0 Å². The Morgan fingerprint density at radius 2 is 1.35 bits per heavy atom. The molecule has 2 nitrogen and oxygen atoms in total. The molecule has 1 aliphatic rings. The Morgan fingerprint density at radius 1 is 0.710 bits per heavy atom. The first-order valence-corrected chi connectivity index (χ1v) is 10.5. The van der Waals surface area contributed by atoms with Crippen LogP contribution >= 0.6 is 0 Å². The third kappa shape index (κ3) is 3.93. The van der Waals surface area contributed by atoms with Crippen molar-refractivity contribution in [2.45, 2.75) is 12.8 Å². The summed E-state index contributed by atoms with van der Waals surface area (Å²) in [5.41, 5.74) is 6.62. The number of allylic oxidation sites excluding steroid dienone is 1. The van der Waals surface area contributed by atoms with Crippen LogP contribution in [0, 0.1) is 6.92 Å². The van der Waals surface area contributed by atoms with E-state index in [1.54, 1.807) is 0 Å². The zero-order chi connectivity index (χ0) is 21.0. The Kier molecular flexibility index (Phi) is 5.20. The van der Waals surface area contributed by atoms with E-state index in [0.29, 0.717) is 0 Å². The predicted octanol–water partition coefficient (Wildman–Crippen LogP) is 7.33. The van der Waals surface area contributed by atoms with E-state index in [1.165, 1.54) is 11.1 Å². The number of nitrogens with zero attached hydrogens (tertiary/aromatic N) is 1. The van der Waals surface area contributed by atoms with Gasteiger partial charge in [0.25, 0.3) is 0 Å². The molecule has 1 aliphatic heterocycles. The Bertz CT molecular complexity index is 1240. The first kappa shape index (κ1) is 19.1. The van der Waals surface area contributed by atoms with Crippen LogP contribution in [0.4, 0.5) is 5.69 Å². The lowest BCUT2D eigenvalue weighted by molar-refractivity contribution is 0.489. The highest BCUT2D eigenvalue weighted by molar-refractivity contribution is 5.95. The number of aryl methyl sites for hydroxylation is 1. The van der Waals surface area contributed by atoms with Crippen molar-refractivity contribution in [3.8, 4) is 5.75 Å². The predicted molar refractivity (Wildman–Crippen MR) is 128 cm³/mol. The van der Waals surface area contributed by atoms with Gasteiger partial charge in [-0.3, -0.25) is 4.99 Å². The molecular formula is C29H23NO. The zero-order valence-electron chi connectivity index (χ0n) is 17.4. The van der Waals surface area contributed by atoms with Gasteiger partial charge in [-0.05, 0) is 30.7 Å². The van der Waals surface area contributed by atoms with Crippen LogP contribution in [0.2, 0.25) is 0 Å². The number of aliphatic imine (C=N–C) groups is 1. The number of rotatable bonds is 4. The SMILES string of the molecule is Cc1ccc(N=CC2=C(c3ccccc3)Oc3ccccc3C2c2ccccc2)cc1. The van der Waals surface area contributed by atoms with Gasteiger partial charge in [-0.15, -0.1) is 0 Å². The van der Waals surface area contributed by atoms with Crippen molar-refractivity contribution in [3.05, 3.63) is 137 Å². The Labute approximate surface area is 183 Å². The van der Waals surface area contributed by atoms with E-state index in [1.807, 2.05) is 48.7 Å². The average molecular weight is 402 g/mol. The topological polar surface area (TPSA) is 21.6 Å². The summed E-state index contributed by atoms with van der Waals surface area (Å²) in [5, 5.41) is 0. The van der Waals surface area contributed by atoms with E-state index in [2.05, 4.69) is 73.7 Å². The molecule has 1 atom stereocenters. The molecule has 0 amide bonds. The van der Waals surface area contributed by atoms with Crippen molar-refractivity contribution in [2.24, 2.45) is 4.99 Å². The molecule has 0 aliphatic carbocycles. The van der Waals surface area contributed by atoms with Crippen LogP contribution in [0.5, 0.6) is 5.75 Å². The standard InChI is InChI=1S/C29H23NO/c1-21-16-18-24(19-17-21)30-20-26-28(22-10-4-2-5-11-22)25-14-8-9-15-27(25)31-29(26)23-12-6-3-7-13-23/h2-20,28H,1H3. The van der Waals surface area contributed by atoms with E-state index < -0.39 is 0 Å². The number of benzene rings is 4. The van der Waals surface area contributed by atoms with Crippen LogP contribution in [0.25, 0.3) is 5.76 Å². The molecule has 2 heteroatoms. The number of hydrogen-bond donors (Lipinski definition) is 0. The van der Waals surface area contributed by atoms with Crippen LogP contribution in [0.1, 0.15) is 28.2 Å². The van der Waals surface area contributed by atoms with Gasteiger partial charge in [0.05, 0.1) is 5.69 Å². The Morgan fingerprint density at radius 3 is 2.10 bits per heavy atom. The molecule has 0 radical (unpaired) electrons. The maximum atomic E-state index is 6.48. The molecule has 0 N–H and O–H groups in total. The fourth-order valence-corrected chi connectivity index (χ4v) is 4.01. The molecule has 0 spiro atoms. The van der Waals surface area contributed by atoms with Gasteiger partial charge >= 0.3 is 0 Å². The van der Waals surface area contributed by atoms with Crippen molar-refractivity contribution in [2.75, 3.05) is 0 Å². The number of fused-ring (bicyclic) bond motifs is 1. The molecule has 0 fully saturated rings. The lowest BCUT2D eigenvalue weighted by Crippen LogP contribution is -2.17. The molecule has 5 rings (SSSR count). The van der Waals surface area contributed by atoms with Crippen LogP contribution < -0.4 is 4.74 Å². The summed E-state index contributed by atoms with van der Waals surface area (Å²) in [4.78, 5) is 4.83. The molecule has 4 aromatic rings. The highest BCUT2D eigenvalue weighted by atomic mass is 16.5. The van der Waals surface area contributed by atoms with Gasteiger partial charge in [-0.1, -0.05) is 96.6 Å². The molecule has 0 bridgehead atoms. The number of hydrogen-bond acceptors (Lipinski definition) is 2. The summed E-state index contributed by atoms with van der Waals surface area (Å²) in [6.07, 6.45) is 1.97. The molecule has 0 saturated heterocycles. The van der Waals surface area contributed by atoms with E-state index >= 15 is 0 Å². The molecule has 150 valence electrons. The average Bonchev–Trinajstić information content (AvgIpc) is 2.84. The largest absolute Gasteiger partial charge is 0.456 e. The van der Waals surface area contributed by atoms with Crippen LogP contribution in [-0.4, -0.2) is 6.21 Å². The van der Waals surface area contributed by atoms with Crippen molar-refractivity contribution in [1.29, 1.82) is 0 Å². The molecule has 0 aromatic heterocycles. The molecule has 31 heavy (non-hydrogen) atoms. The fraction of sp³-hybridized carbons (Fsp3) is 0.0690. The minimum Gasteiger partial charge on any atom is -0.456 e. The quantitative estimate of drug-likeness (QED) is 0.328. The number of para-hydroxylation sites is 1. The van der Waals surface area contributed by atoms with Gasteiger partial charge in [0.2, 0.25) is 0 Å². The minimum atomic E-state index is 0.0376. The van der Waals surface area contributed by atoms with Crippen LogP contribution in [-0.2, 0) is 0 Å². The Balaban J connectivity index is 1.71. The van der Waals surface area contributed by atoms with Gasteiger partial charge in [0.15, 0.2) is 0 Å². The van der Waals surface area contributed by atoms with E-state index in [9.17, 15) is 0 Å². The third-order valence-corrected chi connectivity index (χ3v) is 5.57. The second-order valence-corrected chi connectivity index (χ2v) is 7.73. The smallest absolute Gasteiger partial charge is 0.140 e. The van der Waals surface area contributed by atoms with Crippen LogP contribution in [0.3, 0.4) is 0 Å². The van der Waals surface area contributed by atoms with Crippen LogP contribution in [0.15, 0.2) is 120 Å². The molecule has 4 aromatic carbocycles. The maximum absolute atomic E-state index is 6.48. The molecular weight excluding hydrogens is 378 g/mol. The lowest BCUT2D eigenvalue weighted by Gasteiger charge is -2.30.